The van der Waals surface area contributed by atoms with Gasteiger partial charge in [-0.15, -0.1) is 0 Å². The predicted molar refractivity (Wildman–Crippen MR) is 124 cm³/mol. The van der Waals surface area contributed by atoms with Crippen molar-refractivity contribution < 1.29 is 22.7 Å². The molecule has 0 spiro atoms. The summed E-state index contributed by atoms with van der Waals surface area (Å²) in [6.07, 6.45) is -2.69. The third kappa shape index (κ3) is 3.95. The van der Waals surface area contributed by atoms with Gasteiger partial charge >= 0.3 is 6.18 Å². The van der Waals surface area contributed by atoms with Gasteiger partial charge in [0.25, 0.3) is 5.91 Å². The molecule has 0 atom stereocenters. The first-order valence-electron chi connectivity index (χ1n) is 11.3. The van der Waals surface area contributed by atoms with Crippen LogP contribution in [0.5, 0.6) is 5.75 Å². The van der Waals surface area contributed by atoms with Crippen LogP contribution in [0.2, 0.25) is 0 Å². The van der Waals surface area contributed by atoms with E-state index >= 15 is 0 Å². The Hall–Kier alpha value is -3.29. The van der Waals surface area contributed by atoms with E-state index in [0.29, 0.717) is 17.0 Å². The van der Waals surface area contributed by atoms with E-state index < -0.39 is 17.6 Å². The van der Waals surface area contributed by atoms with Gasteiger partial charge in [-0.3, -0.25) is 9.78 Å². The first-order valence-corrected chi connectivity index (χ1v) is 11.3. The summed E-state index contributed by atoms with van der Waals surface area (Å²) in [6, 6.07) is 13.0. The van der Waals surface area contributed by atoms with Crippen LogP contribution in [-0.4, -0.2) is 37.3 Å². The average Bonchev–Trinajstić information content (AvgIpc) is 3.51. The number of carbonyl (C=O) groups excluding carboxylic acids is 1. The van der Waals surface area contributed by atoms with Crippen molar-refractivity contribution in [2.75, 3.05) is 25.1 Å². The van der Waals surface area contributed by atoms with Crippen molar-refractivity contribution in [3.05, 3.63) is 64.8 Å². The number of anilines is 1. The second-order valence-electron chi connectivity index (χ2n) is 9.37. The van der Waals surface area contributed by atoms with E-state index in [1.165, 1.54) is 0 Å². The molecule has 2 heterocycles. The average molecular weight is 470 g/mol. The number of carbonyl (C=O) groups is 1. The number of methoxy groups -OCH3 is 1. The molecule has 1 saturated carbocycles. The van der Waals surface area contributed by atoms with Gasteiger partial charge in [0, 0.05) is 35.4 Å². The van der Waals surface area contributed by atoms with Crippen molar-refractivity contribution in [3.8, 4) is 5.75 Å². The van der Waals surface area contributed by atoms with Crippen molar-refractivity contribution in [2.45, 2.75) is 38.4 Å². The normalized spacial score (nSPS) is 17.4. The third-order valence-electron chi connectivity index (χ3n) is 6.95. The number of fused-ring (bicyclic) bond motifs is 1. The molecule has 1 saturated heterocycles. The molecule has 34 heavy (non-hydrogen) atoms. The van der Waals surface area contributed by atoms with Gasteiger partial charge in [0.05, 0.1) is 24.1 Å². The van der Waals surface area contributed by atoms with Gasteiger partial charge in [0.15, 0.2) is 0 Å². The van der Waals surface area contributed by atoms with Crippen LogP contribution in [0.4, 0.5) is 18.9 Å². The minimum absolute atomic E-state index is 0.0668. The highest BCUT2D eigenvalue weighted by Crippen LogP contribution is 2.50. The Kier molecular flexibility index (Phi) is 5.22. The Morgan fingerprint density at radius 2 is 1.85 bits per heavy atom. The van der Waals surface area contributed by atoms with E-state index in [-0.39, 0.29) is 19.0 Å². The highest BCUT2D eigenvalue weighted by molar-refractivity contribution is 5.98. The van der Waals surface area contributed by atoms with Crippen LogP contribution in [-0.2, 0) is 5.54 Å². The Labute approximate surface area is 195 Å². The quantitative estimate of drug-likeness (QED) is 0.553. The van der Waals surface area contributed by atoms with Crippen LogP contribution in [0, 0.1) is 19.8 Å². The summed E-state index contributed by atoms with van der Waals surface area (Å²) in [6.45, 7) is 3.62. The number of hydrogen-bond donors (Lipinski definition) is 1. The lowest BCUT2D eigenvalue weighted by molar-refractivity contribution is -0.180. The van der Waals surface area contributed by atoms with Crippen molar-refractivity contribution in [2.24, 2.45) is 5.92 Å². The largest absolute Gasteiger partial charge is 0.497 e. The number of halogens is 3. The Morgan fingerprint density at radius 3 is 2.50 bits per heavy atom. The molecule has 5 nitrogen and oxygen atoms in total. The zero-order valence-corrected chi connectivity index (χ0v) is 19.3. The van der Waals surface area contributed by atoms with Gasteiger partial charge in [-0.2, -0.15) is 13.2 Å². The molecule has 5 rings (SSSR count). The van der Waals surface area contributed by atoms with E-state index in [4.69, 9.17) is 4.74 Å². The van der Waals surface area contributed by atoms with Crippen LogP contribution >= 0.6 is 0 Å². The van der Waals surface area contributed by atoms with Gasteiger partial charge in [-0.05, 0) is 68.1 Å². The Balaban J connectivity index is 1.51. The molecule has 1 aromatic heterocycles. The van der Waals surface area contributed by atoms with Gasteiger partial charge in [-0.25, -0.2) is 0 Å². The van der Waals surface area contributed by atoms with Gasteiger partial charge < -0.3 is 15.0 Å². The van der Waals surface area contributed by atoms with E-state index in [9.17, 15) is 18.0 Å². The molecule has 178 valence electrons. The number of nitrogens with zero attached hydrogens (tertiary/aromatic N) is 2. The maximum atomic E-state index is 13.3. The summed E-state index contributed by atoms with van der Waals surface area (Å²) >= 11 is 0. The van der Waals surface area contributed by atoms with Crippen molar-refractivity contribution in [1.29, 1.82) is 0 Å². The molecule has 1 N–H and O–H groups in total. The predicted octanol–water partition coefficient (Wildman–Crippen LogP) is 5.28. The van der Waals surface area contributed by atoms with E-state index in [0.717, 1.165) is 40.6 Å². The standard InChI is InChI=1S/C26H26F3N3O2/c1-15-4-6-19(34-3)12-21(15)24(33)31-25(8-9-25)22-10-18(32-13-17(14-32)26(27,28)29)11-23-20(22)7-5-16(2)30-23/h4-7,10-12,17H,8-9,13-14H2,1-3H3,(H,31,33). The summed E-state index contributed by atoms with van der Waals surface area (Å²) in [4.78, 5) is 19.6. The Bertz CT molecular complexity index is 1280. The fourth-order valence-electron chi connectivity index (χ4n) is 4.64. The molecule has 2 fully saturated rings. The highest BCUT2D eigenvalue weighted by Gasteiger charge is 2.49. The lowest BCUT2D eigenvalue weighted by Crippen LogP contribution is -2.53. The molecule has 0 unspecified atom stereocenters. The lowest BCUT2D eigenvalue weighted by Gasteiger charge is -2.42. The number of ether oxygens (including phenoxy) is 1. The monoisotopic (exact) mass is 469 g/mol. The molecule has 3 aromatic rings. The summed E-state index contributed by atoms with van der Waals surface area (Å²) in [5.74, 6) is -0.916. The van der Waals surface area contributed by atoms with Gasteiger partial charge in [0.2, 0.25) is 0 Å². The number of hydrogen-bond acceptors (Lipinski definition) is 4. The number of pyridine rings is 1. The molecule has 2 aliphatic rings. The minimum Gasteiger partial charge on any atom is -0.497 e. The lowest BCUT2D eigenvalue weighted by atomic mass is 9.94. The van der Waals surface area contributed by atoms with Gasteiger partial charge in [-0.1, -0.05) is 12.1 Å². The van der Waals surface area contributed by atoms with E-state index in [1.54, 1.807) is 18.1 Å². The molecule has 1 amide bonds. The molecule has 0 radical (unpaired) electrons. The molecular weight excluding hydrogens is 443 g/mol. The summed E-state index contributed by atoms with van der Waals surface area (Å²) in [7, 11) is 1.56. The van der Waals surface area contributed by atoms with Crippen molar-refractivity contribution in [1.82, 2.24) is 10.3 Å². The zero-order chi connectivity index (χ0) is 24.3. The first kappa shape index (κ1) is 22.5. The summed E-state index contributed by atoms with van der Waals surface area (Å²) in [5, 5.41) is 4.12. The third-order valence-corrected chi connectivity index (χ3v) is 6.95. The number of aryl methyl sites for hydroxylation is 2. The first-order chi connectivity index (χ1) is 16.1. The number of aromatic nitrogens is 1. The molecule has 2 aromatic carbocycles. The maximum absolute atomic E-state index is 13.3. The van der Waals surface area contributed by atoms with Crippen LogP contribution in [0.1, 0.15) is 40.0 Å². The molecule has 0 bridgehead atoms. The molecule has 1 aliphatic carbocycles. The summed E-state index contributed by atoms with van der Waals surface area (Å²) in [5.41, 5.74) is 3.96. The number of amides is 1. The highest BCUT2D eigenvalue weighted by atomic mass is 19.4. The molecule has 1 aliphatic heterocycles. The maximum Gasteiger partial charge on any atom is 0.395 e. The summed E-state index contributed by atoms with van der Waals surface area (Å²) < 4.78 is 44.5. The molecule has 8 heteroatoms. The fraction of sp³-hybridized carbons (Fsp3) is 0.385. The topological polar surface area (TPSA) is 54.5 Å². The number of benzene rings is 2. The number of nitrogens with one attached hydrogen (secondary N) is 1. The zero-order valence-electron chi connectivity index (χ0n) is 19.3. The van der Waals surface area contributed by atoms with Crippen molar-refractivity contribution in [3.63, 3.8) is 0 Å². The van der Waals surface area contributed by atoms with E-state index in [2.05, 4.69) is 10.3 Å². The van der Waals surface area contributed by atoms with Crippen LogP contribution in [0.15, 0.2) is 42.5 Å². The second-order valence-corrected chi connectivity index (χ2v) is 9.37. The molecular formula is C26H26F3N3O2. The second kappa shape index (κ2) is 7.89. The van der Waals surface area contributed by atoms with Crippen LogP contribution < -0.4 is 15.0 Å². The van der Waals surface area contributed by atoms with E-state index in [1.807, 2.05) is 50.2 Å². The van der Waals surface area contributed by atoms with Gasteiger partial charge in [0.1, 0.15) is 5.75 Å². The van der Waals surface area contributed by atoms with Crippen molar-refractivity contribution >= 4 is 22.5 Å². The smallest absolute Gasteiger partial charge is 0.395 e. The number of alkyl halides is 3. The van der Waals surface area contributed by atoms with Crippen LogP contribution in [0.25, 0.3) is 10.9 Å². The number of rotatable bonds is 5. The minimum atomic E-state index is -4.19. The SMILES string of the molecule is COc1ccc(C)c(C(=O)NC2(c3cc(N4CC(C(F)(F)F)C4)cc4nc(C)ccc34)CC2)c1. The Morgan fingerprint density at radius 1 is 1.12 bits per heavy atom. The fourth-order valence-corrected chi connectivity index (χ4v) is 4.64. The van der Waals surface area contributed by atoms with Crippen LogP contribution in [0.3, 0.4) is 0 Å².